The van der Waals surface area contributed by atoms with E-state index in [4.69, 9.17) is 0 Å². The van der Waals surface area contributed by atoms with Gasteiger partial charge in [0.2, 0.25) is 0 Å². The summed E-state index contributed by atoms with van der Waals surface area (Å²) in [6.45, 7) is 1.81. The van der Waals surface area contributed by atoms with Gasteiger partial charge in [0.25, 0.3) is 0 Å². The van der Waals surface area contributed by atoms with Crippen LogP contribution in [-0.2, 0) is 4.79 Å². The van der Waals surface area contributed by atoms with Gasteiger partial charge < -0.3 is 4.79 Å². The minimum atomic E-state index is -0.243. The Kier molecular flexibility index (Phi) is 2.50. The molecule has 2 aromatic rings. The van der Waals surface area contributed by atoms with E-state index in [9.17, 15) is 9.18 Å². The largest absolute Gasteiger partial charge is 0.303 e. The smallest absolute Gasteiger partial charge is 0.131 e. The van der Waals surface area contributed by atoms with Crippen molar-refractivity contribution in [3.05, 3.63) is 47.8 Å². The number of aldehydes is 1. The van der Waals surface area contributed by atoms with Gasteiger partial charge in [-0.1, -0.05) is 37.3 Å². The molecule has 15 heavy (non-hydrogen) atoms. The van der Waals surface area contributed by atoms with Crippen LogP contribution in [0.1, 0.15) is 18.4 Å². The molecule has 76 valence electrons. The van der Waals surface area contributed by atoms with Crippen molar-refractivity contribution in [2.45, 2.75) is 12.8 Å². The van der Waals surface area contributed by atoms with Crippen LogP contribution in [0.4, 0.5) is 4.39 Å². The van der Waals surface area contributed by atoms with E-state index in [0.717, 1.165) is 17.2 Å². The number of benzene rings is 2. The van der Waals surface area contributed by atoms with Crippen LogP contribution >= 0.6 is 0 Å². The highest BCUT2D eigenvalue weighted by Crippen LogP contribution is 2.26. The standard InChI is InChI=1S/C13H11FO/c1-9(8-15)10-6-7-13(14)12-5-3-2-4-11(10)12/h2-9H,1H3. The Bertz CT molecular complexity index is 505. The van der Waals surface area contributed by atoms with Gasteiger partial charge in [-0.25, -0.2) is 4.39 Å². The quantitative estimate of drug-likeness (QED) is 0.683. The molecule has 0 saturated carbocycles. The van der Waals surface area contributed by atoms with Gasteiger partial charge in [0.15, 0.2) is 0 Å². The number of halogens is 1. The van der Waals surface area contributed by atoms with Gasteiger partial charge >= 0.3 is 0 Å². The minimum absolute atomic E-state index is 0.199. The molecule has 1 atom stereocenters. The molecule has 0 aromatic heterocycles. The van der Waals surface area contributed by atoms with Crippen molar-refractivity contribution in [3.63, 3.8) is 0 Å². The van der Waals surface area contributed by atoms with E-state index in [0.29, 0.717) is 5.39 Å². The Labute approximate surface area is 87.5 Å². The van der Waals surface area contributed by atoms with Crippen LogP contribution in [0.2, 0.25) is 0 Å². The lowest BCUT2D eigenvalue weighted by Crippen LogP contribution is -1.96. The molecule has 2 aromatic carbocycles. The second-order valence-electron chi connectivity index (χ2n) is 3.61. The highest BCUT2D eigenvalue weighted by atomic mass is 19.1. The number of hydrogen-bond acceptors (Lipinski definition) is 1. The van der Waals surface area contributed by atoms with Gasteiger partial charge in [0.05, 0.1) is 0 Å². The molecule has 0 bridgehead atoms. The van der Waals surface area contributed by atoms with E-state index >= 15 is 0 Å². The Morgan fingerprint density at radius 3 is 2.47 bits per heavy atom. The Morgan fingerprint density at radius 1 is 1.13 bits per heavy atom. The Hall–Kier alpha value is -1.70. The van der Waals surface area contributed by atoms with Crippen LogP contribution in [-0.4, -0.2) is 6.29 Å². The van der Waals surface area contributed by atoms with Crippen molar-refractivity contribution < 1.29 is 9.18 Å². The summed E-state index contributed by atoms with van der Waals surface area (Å²) in [6.07, 6.45) is 0.875. The van der Waals surface area contributed by atoms with Crippen LogP contribution in [0.5, 0.6) is 0 Å². The molecular weight excluding hydrogens is 191 g/mol. The second-order valence-corrected chi connectivity index (χ2v) is 3.61. The normalized spacial score (nSPS) is 12.7. The van der Waals surface area contributed by atoms with Crippen LogP contribution in [0.25, 0.3) is 10.8 Å². The summed E-state index contributed by atoms with van der Waals surface area (Å²) < 4.78 is 13.4. The van der Waals surface area contributed by atoms with Crippen LogP contribution in [0.3, 0.4) is 0 Å². The summed E-state index contributed by atoms with van der Waals surface area (Å²) in [5.41, 5.74) is 0.877. The zero-order valence-corrected chi connectivity index (χ0v) is 8.41. The van der Waals surface area contributed by atoms with Gasteiger partial charge in [-0.3, -0.25) is 0 Å². The number of carbonyl (C=O) groups excluding carboxylic acids is 1. The summed E-state index contributed by atoms with van der Waals surface area (Å²) >= 11 is 0. The fourth-order valence-electron chi connectivity index (χ4n) is 1.76. The van der Waals surface area contributed by atoms with Crippen molar-refractivity contribution in [3.8, 4) is 0 Å². The summed E-state index contributed by atoms with van der Waals surface area (Å²) in [5.74, 6) is -0.442. The average molecular weight is 202 g/mol. The van der Waals surface area contributed by atoms with Crippen LogP contribution in [0.15, 0.2) is 36.4 Å². The van der Waals surface area contributed by atoms with Crippen molar-refractivity contribution in [1.82, 2.24) is 0 Å². The predicted octanol–water partition coefficient (Wildman–Crippen LogP) is 3.28. The van der Waals surface area contributed by atoms with Gasteiger partial charge in [-0.05, 0) is 17.0 Å². The highest BCUT2D eigenvalue weighted by Gasteiger charge is 2.10. The molecule has 0 spiro atoms. The maximum absolute atomic E-state index is 13.4. The first-order valence-corrected chi connectivity index (χ1v) is 4.86. The predicted molar refractivity (Wildman–Crippen MR) is 58.4 cm³/mol. The number of hydrogen-bond donors (Lipinski definition) is 0. The first-order valence-electron chi connectivity index (χ1n) is 4.86. The summed E-state index contributed by atoms with van der Waals surface area (Å²) in [5, 5.41) is 1.39. The van der Waals surface area contributed by atoms with Crippen molar-refractivity contribution in [1.29, 1.82) is 0 Å². The van der Waals surface area contributed by atoms with Crippen LogP contribution < -0.4 is 0 Å². The van der Waals surface area contributed by atoms with E-state index in [1.54, 1.807) is 18.2 Å². The van der Waals surface area contributed by atoms with Gasteiger partial charge in [-0.15, -0.1) is 0 Å². The van der Waals surface area contributed by atoms with E-state index in [1.807, 2.05) is 19.1 Å². The fourth-order valence-corrected chi connectivity index (χ4v) is 1.76. The first kappa shape index (κ1) is 9.84. The second kappa shape index (κ2) is 3.81. The number of carbonyl (C=O) groups is 1. The maximum Gasteiger partial charge on any atom is 0.131 e. The molecule has 0 aliphatic heterocycles. The molecule has 2 rings (SSSR count). The fraction of sp³-hybridized carbons (Fsp3) is 0.154. The molecule has 0 fully saturated rings. The monoisotopic (exact) mass is 202 g/mol. The van der Waals surface area contributed by atoms with Gasteiger partial charge in [0, 0.05) is 11.3 Å². The van der Waals surface area contributed by atoms with Gasteiger partial charge in [-0.2, -0.15) is 0 Å². The molecule has 0 aliphatic rings. The van der Waals surface area contributed by atoms with Gasteiger partial charge in [0.1, 0.15) is 12.1 Å². The lowest BCUT2D eigenvalue weighted by Gasteiger charge is -2.09. The van der Waals surface area contributed by atoms with E-state index in [2.05, 4.69) is 0 Å². The number of rotatable bonds is 2. The maximum atomic E-state index is 13.4. The number of fused-ring (bicyclic) bond motifs is 1. The Morgan fingerprint density at radius 2 is 1.80 bits per heavy atom. The van der Waals surface area contributed by atoms with Crippen molar-refractivity contribution in [2.24, 2.45) is 0 Å². The molecule has 0 radical (unpaired) electrons. The lowest BCUT2D eigenvalue weighted by molar-refractivity contribution is -0.108. The third-order valence-electron chi connectivity index (χ3n) is 2.60. The average Bonchev–Trinajstić information content (AvgIpc) is 2.29. The minimum Gasteiger partial charge on any atom is -0.303 e. The molecule has 1 nitrogen and oxygen atoms in total. The summed E-state index contributed by atoms with van der Waals surface area (Å²) in [7, 11) is 0. The molecular formula is C13H11FO. The molecule has 1 unspecified atom stereocenters. The van der Waals surface area contributed by atoms with E-state index in [1.165, 1.54) is 6.07 Å². The Balaban J connectivity index is 2.77. The molecule has 0 amide bonds. The van der Waals surface area contributed by atoms with Crippen LogP contribution in [0, 0.1) is 5.82 Å². The third kappa shape index (κ3) is 1.63. The zero-order valence-electron chi connectivity index (χ0n) is 8.41. The van der Waals surface area contributed by atoms with Crippen molar-refractivity contribution in [2.75, 3.05) is 0 Å². The topological polar surface area (TPSA) is 17.1 Å². The molecule has 0 heterocycles. The zero-order chi connectivity index (χ0) is 10.8. The lowest BCUT2D eigenvalue weighted by atomic mass is 9.95. The van der Waals surface area contributed by atoms with E-state index in [-0.39, 0.29) is 11.7 Å². The first-order chi connectivity index (χ1) is 7.24. The summed E-state index contributed by atoms with van der Waals surface area (Å²) in [6, 6.07) is 10.3. The third-order valence-corrected chi connectivity index (χ3v) is 2.60. The highest BCUT2D eigenvalue weighted by molar-refractivity contribution is 5.88. The molecule has 0 N–H and O–H groups in total. The molecule has 0 aliphatic carbocycles. The summed E-state index contributed by atoms with van der Waals surface area (Å²) in [4.78, 5) is 10.7. The van der Waals surface area contributed by atoms with Crippen molar-refractivity contribution >= 4 is 17.1 Å². The van der Waals surface area contributed by atoms with E-state index < -0.39 is 0 Å². The molecule has 2 heteroatoms. The molecule has 0 saturated heterocycles. The SMILES string of the molecule is CC(C=O)c1ccc(F)c2ccccc12.